The molecule has 0 saturated carbocycles. The maximum absolute atomic E-state index is 12.8. The standard InChI is InChI=1S/C13H18FNO/c1-2-3-4-5-9-15-13(16)11-7-6-8-12(14)10-11/h6-8,10H,2-5,9H2,1H3,(H,15,16). The maximum Gasteiger partial charge on any atom is 0.251 e. The molecular formula is C13H18FNO. The van der Waals surface area contributed by atoms with E-state index in [1.807, 2.05) is 0 Å². The highest BCUT2D eigenvalue weighted by Gasteiger charge is 2.04. The minimum Gasteiger partial charge on any atom is -0.352 e. The van der Waals surface area contributed by atoms with Gasteiger partial charge in [0.1, 0.15) is 5.82 Å². The Kier molecular flexibility index (Phi) is 5.54. The first-order valence-corrected chi connectivity index (χ1v) is 5.78. The molecule has 0 aliphatic carbocycles. The van der Waals surface area contributed by atoms with E-state index in [-0.39, 0.29) is 11.7 Å². The number of unbranched alkanes of at least 4 members (excludes halogenated alkanes) is 3. The second-order valence-corrected chi connectivity index (χ2v) is 3.83. The summed E-state index contributed by atoms with van der Waals surface area (Å²) in [6.07, 6.45) is 4.47. The molecule has 0 aromatic heterocycles. The van der Waals surface area contributed by atoms with Crippen LogP contribution in [0.3, 0.4) is 0 Å². The second kappa shape index (κ2) is 6.99. The number of hydrogen-bond donors (Lipinski definition) is 1. The Hall–Kier alpha value is -1.38. The summed E-state index contributed by atoms with van der Waals surface area (Å²) < 4.78 is 12.8. The van der Waals surface area contributed by atoms with Crippen LogP contribution in [0.15, 0.2) is 24.3 Å². The molecule has 0 saturated heterocycles. The number of carbonyl (C=O) groups is 1. The van der Waals surface area contributed by atoms with E-state index in [2.05, 4.69) is 12.2 Å². The summed E-state index contributed by atoms with van der Waals surface area (Å²) in [5.74, 6) is -0.574. The van der Waals surface area contributed by atoms with Crippen molar-refractivity contribution in [3.8, 4) is 0 Å². The summed E-state index contributed by atoms with van der Waals surface area (Å²) in [5.41, 5.74) is 0.385. The van der Waals surface area contributed by atoms with E-state index >= 15 is 0 Å². The average Bonchev–Trinajstić information content (AvgIpc) is 2.28. The first kappa shape index (κ1) is 12.7. The van der Waals surface area contributed by atoms with Gasteiger partial charge in [-0.1, -0.05) is 32.3 Å². The first-order valence-electron chi connectivity index (χ1n) is 5.78. The number of rotatable bonds is 6. The number of nitrogens with one attached hydrogen (secondary N) is 1. The minimum atomic E-state index is -0.376. The second-order valence-electron chi connectivity index (χ2n) is 3.83. The van der Waals surface area contributed by atoms with Crippen molar-refractivity contribution >= 4 is 5.91 Å². The Bertz CT molecular complexity index is 338. The van der Waals surface area contributed by atoms with Crippen molar-refractivity contribution in [2.75, 3.05) is 6.54 Å². The number of benzene rings is 1. The summed E-state index contributed by atoms with van der Waals surface area (Å²) in [6, 6.07) is 5.74. The lowest BCUT2D eigenvalue weighted by molar-refractivity contribution is 0.0952. The quantitative estimate of drug-likeness (QED) is 0.737. The van der Waals surface area contributed by atoms with Crippen LogP contribution in [-0.2, 0) is 0 Å². The van der Waals surface area contributed by atoms with E-state index in [1.54, 1.807) is 12.1 Å². The van der Waals surface area contributed by atoms with Crippen LogP contribution in [-0.4, -0.2) is 12.5 Å². The lowest BCUT2D eigenvalue weighted by Gasteiger charge is -2.04. The van der Waals surface area contributed by atoms with E-state index in [4.69, 9.17) is 0 Å². The Morgan fingerprint density at radius 1 is 1.31 bits per heavy atom. The van der Waals surface area contributed by atoms with Gasteiger partial charge in [-0.25, -0.2) is 4.39 Å². The SMILES string of the molecule is CCCCCCNC(=O)c1cccc(F)c1. The third-order valence-electron chi connectivity index (χ3n) is 2.40. The summed E-state index contributed by atoms with van der Waals surface area (Å²) >= 11 is 0. The highest BCUT2D eigenvalue weighted by Crippen LogP contribution is 2.03. The van der Waals surface area contributed by atoms with Gasteiger partial charge in [0.25, 0.3) is 5.91 Å². The van der Waals surface area contributed by atoms with Crippen LogP contribution in [0.4, 0.5) is 4.39 Å². The Labute approximate surface area is 95.9 Å². The van der Waals surface area contributed by atoms with Crippen LogP contribution in [0.1, 0.15) is 43.0 Å². The van der Waals surface area contributed by atoms with Gasteiger partial charge in [-0.3, -0.25) is 4.79 Å². The molecule has 0 bridgehead atoms. The molecule has 88 valence electrons. The Morgan fingerprint density at radius 2 is 2.12 bits per heavy atom. The molecule has 3 heteroatoms. The lowest BCUT2D eigenvalue weighted by Crippen LogP contribution is -2.24. The van der Waals surface area contributed by atoms with E-state index < -0.39 is 0 Å². The monoisotopic (exact) mass is 223 g/mol. The van der Waals surface area contributed by atoms with Gasteiger partial charge in [0.05, 0.1) is 0 Å². The molecule has 1 N–H and O–H groups in total. The Morgan fingerprint density at radius 3 is 2.81 bits per heavy atom. The number of carbonyl (C=O) groups excluding carboxylic acids is 1. The van der Waals surface area contributed by atoms with Crippen LogP contribution >= 0.6 is 0 Å². The van der Waals surface area contributed by atoms with Crippen molar-refractivity contribution < 1.29 is 9.18 Å². The van der Waals surface area contributed by atoms with Crippen molar-refractivity contribution in [1.82, 2.24) is 5.32 Å². The highest BCUT2D eigenvalue weighted by atomic mass is 19.1. The van der Waals surface area contributed by atoms with E-state index in [0.29, 0.717) is 12.1 Å². The molecule has 1 aromatic carbocycles. The molecule has 0 aliphatic rings. The van der Waals surface area contributed by atoms with Crippen molar-refractivity contribution in [2.24, 2.45) is 0 Å². The number of hydrogen-bond acceptors (Lipinski definition) is 1. The van der Waals surface area contributed by atoms with Crippen molar-refractivity contribution in [1.29, 1.82) is 0 Å². The minimum absolute atomic E-state index is 0.198. The summed E-state index contributed by atoms with van der Waals surface area (Å²) in [5, 5.41) is 2.78. The van der Waals surface area contributed by atoms with Crippen LogP contribution in [0, 0.1) is 5.82 Å². The fraction of sp³-hybridized carbons (Fsp3) is 0.462. The first-order chi connectivity index (χ1) is 7.74. The lowest BCUT2D eigenvalue weighted by atomic mass is 10.2. The largest absolute Gasteiger partial charge is 0.352 e. The topological polar surface area (TPSA) is 29.1 Å². The predicted octanol–water partition coefficient (Wildman–Crippen LogP) is 3.14. The molecule has 1 rings (SSSR count). The van der Waals surface area contributed by atoms with Crippen molar-refractivity contribution in [2.45, 2.75) is 32.6 Å². The average molecular weight is 223 g/mol. The van der Waals surface area contributed by atoms with E-state index in [0.717, 1.165) is 12.8 Å². The zero-order valence-corrected chi connectivity index (χ0v) is 9.63. The van der Waals surface area contributed by atoms with Gasteiger partial charge in [-0.15, -0.1) is 0 Å². The summed E-state index contributed by atoms with van der Waals surface area (Å²) in [7, 11) is 0. The molecule has 0 spiro atoms. The summed E-state index contributed by atoms with van der Waals surface area (Å²) in [6.45, 7) is 2.81. The molecule has 2 nitrogen and oxygen atoms in total. The normalized spacial score (nSPS) is 10.1. The molecular weight excluding hydrogens is 205 g/mol. The molecule has 0 unspecified atom stereocenters. The van der Waals surface area contributed by atoms with Gasteiger partial charge in [0.15, 0.2) is 0 Å². The maximum atomic E-state index is 12.8. The third-order valence-corrected chi connectivity index (χ3v) is 2.40. The molecule has 16 heavy (non-hydrogen) atoms. The number of amides is 1. The smallest absolute Gasteiger partial charge is 0.251 e. The molecule has 0 fully saturated rings. The predicted molar refractivity (Wildman–Crippen MR) is 62.9 cm³/mol. The van der Waals surface area contributed by atoms with Gasteiger partial charge in [0, 0.05) is 12.1 Å². The fourth-order valence-electron chi connectivity index (χ4n) is 1.49. The highest BCUT2D eigenvalue weighted by molar-refractivity contribution is 5.94. The molecule has 0 atom stereocenters. The molecule has 0 heterocycles. The molecule has 0 aliphatic heterocycles. The zero-order valence-electron chi connectivity index (χ0n) is 9.63. The molecule has 1 amide bonds. The van der Waals surface area contributed by atoms with Crippen molar-refractivity contribution in [3.05, 3.63) is 35.6 Å². The number of halogens is 1. The fourth-order valence-corrected chi connectivity index (χ4v) is 1.49. The third kappa shape index (κ3) is 4.43. The molecule has 1 aromatic rings. The van der Waals surface area contributed by atoms with Gasteiger partial charge in [-0.2, -0.15) is 0 Å². The zero-order chi connectivity index (χ0) is 11.8. The van der Waals surface area contributed by atoms with Crippen LogP contribution in [0.5, 0.6) is 0 Å². The van der Waals surface area contributed by atoms with Crippen molar-refractivity contribution in [3.63, 3.8) is 0 Å². The van der Waals surface area contributed by atoms with Crippen LogP contribution in [0.25, 0.3) is 0 Å². The summed E-state index contributed by atoms with van der Waals surface area (Å²) in [4.78, 5) is 11.6. The van der Waals surface area contributed by atoms with Gasteiger partial charge in [-0.05, 0) is 24.6 Å². The Balaban J connectivity index is 2.30. The van der Waals surface area contributed by atoms with E-state index in [9.17, 15) is 9.18 Å². The molecule has 0 radical (unpaired) electrons. The van der Waals surface area contributed by atoms with Gasteiger partial charge in [0.2, 0.25) is 0 Å². The van der Waals surface area contributed by atoms with Gasteiger partial charge >= 0.3 is 0 Å². The van der Waals surface area contributed by atoms with Gasteiger partial charge < -0.3 is 5.32 Å². The van der Waals surface area contributed by atoms with E-state index in [1.165, 1.54) is 25.0 Å². The van der Waals surface area contributed by atoms with Crippen LogP contribution in [0.2, 0.25) is 0 Å². The van der Waals surface area contributed by atoms with Crippen LogP contribution < -0.4 is 5.32 Å².